The van der Waals surface area contributed by atoms with Crippen LogP contribution in [0.5, 0.6) is 0 Å². The van der Waals surface area contributed by atoms with E-state index >= 15 is 0 Å². The van der Waals surface area contributed by atoms with Crippen LogP contribution in [0.1, 0.15) is 42.6 Å². The molecule has 5 nitrogen and oxygen atoms in total. The third-order valence-corrected chi connectivity index (χ3v) is 3.60. The van der Waals surface area contributed by atoms with E-state index in [9.17, 15) is 14.7 Å². The Morgan fingerprint density at radius 2 is 2.05 bits per heavy atom. The first kappa shape index (κ1) is 15.5. The number of rotatable bonds is 5. The molecule has 1 saturated heterocycles. The second kappa shape index (κ2) is 6.26. The second-order valence-electron chi connectivity index (χ2n) is 6.12. The zero-order chi connectivity index (χ0) is 15.5. The van der Waals surface area contributed by atoms with Gasteiger partial charge in [0.05, 0.1) is 5.60 Å². The van der Waals surface area contributed by atoms with E-state index in [1.165, 1.54) is 0 Å². The number of aliphatic hydroxyl groups is 1. The molecule has 21 heavy (non-hydrogen) atoms. The lowest BCUT2D eigenvalue weighted by molar-refractivity contribution is -0.120. The Kier molecular flexibility index (Phi) is 4.63. The van der Waals surface area contributed by atoms with Gasteiger partial charge in [-0.05, 0) is 50.8 Å². The van der Waals surface area contributed by atoms with E-state index in [1.54, 1.807) is 26.0 Å². The van der Waals surface area contributed by atoms with E-state index in [2.05, 4.69) is 10.6 Å². The number of carbonyl (C=O) groups excluding carboxylic acids is 2. The highest BCUT2D eigenvalue weighted by atomic mass is 16.3. The smallest absolute Gasteiger partial charge is 0.251 e. The SMILES string of the molecule is CC(C)(O)CCc1ccc(C(=O)NC2CCNC2=O)cc1. The maximum absolute atomic E-state index is 12.0. The maximum Gasteiger partial charge on any atom is 0.251 e. The van der Waals surface area contributed by atoms with Crippen LogP contribution in [0.15, 0.2) is 24.3 Å². The quantitative estimate of drug-likeness (QED) is 0.757. The predicted octanol–water partition coefficient (Wildman–Crippen LogP) is 1.01. The second-order valence-corrected chi connectivity index (χ2v) is 6.12. The summed E-state index contributed by atoms with van der Waals surface area (Å²) in [5.74, 6) is -0.351. The molecule has 1 fully saturated rings. The molecule has 0 spiro atoms. The van der Waals surface area contributed by atoms with E-state index in [0.29, 0.717) is 24.9 Å². The van der Waals surface area contributed by atoms with Gasteiger partial charge in [-0.3, -0.25) is 9.59 Å². The van der Waals surface area contributed by atoms with Gasteiger partial charge in [0, 0.05) is 12.1 Å². The first-order chi connectivity index (χ1) is 9.85. The van der Waals surface area contributed by atoms with E-state index in [0.717, 1.165) is 12.0 Å². The van der Waals surface area contributed by atoms with Gasteiger partial charge < -0.3 is 15.7 Å². The molecular weight excluding hydrogens is 268 g/mol. The van der Waals surface area contributed by atoms with Crippen molar-refractivity contribution in [3.63, 3.8) is 0 Å². The highest BCUT2D eigenvalue weighted by molar-refractivity contribution is 5.98. The van der Waals surface area contributed by atoms with Gasteiger partial charge in [0.1, 0.15) is 6.04 Å². The third kappa shape index (κ3) is 4.56. The van der Waals surface area contributed by atoms with Gasteiger partial charge in [-0.25, -0.2) is 0 Å². The lowest BCUT2D eigenvalue weighted by atomic mass is 9.98. The van der Waals surface area contributed by atoms with E-state index < -0.39 is 11.6 Å². The minimum atomic E-state index is -0.689. The number of amides is 2. The van der Waals surface area contributed by atoms with Crippen LogP contribution < -0.4 is 10.6 Å². The van der Waals surface area contributed by atoms with Gasteiger partial charge in [-0.1, -0.05) is 12.1 Å². The third-order valence-electron chi connectivity index (χ3n) is 3.60. The van der Waals surface area contributed by atoms with Crippen LogP contribution in [0.25, 0.3) is 0 Å². The number of carbonyl (C=O) groups is 2. The van der Waals surface area contributed by atoms with Crippen molar-refractivity contribution in [2.75, 3.05) is 6.54 Å². The van der Waals surface area contributed by atoms with Crippen molar-refractivity contribution in [2.45, 2.75) is 44.8 Å². The summed E-state index contributed by atoms with van der Waals surface area (Å²) in [7, 11) is 0. The molecule has 3 N–H and O–H groups in total. The summed E-state index contributed by atoms with van der Waals surface area (Å²) in [6.45, 7) is 4.17. The molecule has 1 aliphatic heterocycles. The van der Waals surface area contributed by atoms with Crippen molar-refractivity contribution in [2.24, 2.45) is 0 Å². The van der Waals surface area contributed by atoms with Crippen molar-refractivity contribution >= 4 is 11.8 Å². The number of hydrogen-bond acceptors (Lipinski definition) is 3. The zero-order valence-corrected chi connectivity index (χ0v) is 12.5. The average Bonchev–Trinajstić information content (AvgIpc) is 2.82. The molecule has 1 aromatic carbocycles. The van der Waals surface area contributed by atoms with Crippen LogP contribution in [-0.2, 0) is 11.2 Å². The highest BCUT2D eigenvalue weighted by Crippen LogP contribution is 2.14. The van der Waals surface area contributed by atoms with Crippen molar-refractivity contribution in [3.05, 3.63) is 35.4 Å². The Labute approximate surface area is 124 Å². The summed E-state index contributed by atoms with van der Waals surface area (Å²) in [4.78, 5) is 23.5. The fourth-order valence-corrected chi connectivity index (χ4v) is 2.25. The number of hydrogen-bond donors (Lipinski definition) is 3. The van der Waals surface area contributed by atoms with Crippen LogP contribution in [0.4, 0.5) is 0 Å². The molecule has 5 heteroatoms. The largest absolute Gasteiger partial charge is 0.390 e. The van der Waals surface area contributed by atoms with Crippen LogP contribution in [0.3, 0.4) is 0 Å². The van der Waals surface area contributed by atoms with Crippen molar-refractivity contribution in [3.8, 4) is 0 Å². The molecule has 1 aliphatic rings. The first-order valence-electron chi connectivity index (χ1n) is 7.25. The van der Waals surface area contributed by atoms with Crippen LogP contribution >= 0.6 is 0 Å². The lowest BCUT2D eigenvalue weighted by Gasteiger charge is -2.16. The Bertz CT molecular complexity index is 517. The monoisotopic (exact) mass is 290 g/mol. The molecular formula is C16H22N2O3. The van der Waals surface area contributed by atoms with Gasteiger partial charge >= 0.3 is 0 Å². The van der Waals surface area contributed by atoms with E-state index in [4.69, 9.17) is 0 Å². The molecule has 1 atom stereocenters. The van der Waals surface area contributed by atoms with Crippen LogP contribution in [0.2, 0.25) is 0 Å². The molecule has 0 radical (unpaired) electrons. The number of nitrogens with one attached hydrogen (secondary N) is 2. The Hall–Kier alpha value is -1.88. The van der Waals surface area contributed by atoms with Gasteiger partial charge in [0.25, 0.3) is 5.91 Å². The molecule has 2 rings (SSSR count). The Morgan fingerprint density at radius 1 is 1.38 bits per heavy atom. The minimum Gasteiger partial charge on any atom is -0.390 e. The minimum absolute atomic E-state index is 0.120. The van der Waals surface area contributed by atoms with Crippen molar-refractivity contribution < 1.29 is 14.7 Å². The van der Waals surface area contributed by atoms with E-state index in [1.807, 2.05) is 12.1 Å². The summed E-state index contributed by atoms with van der Waals surface area (Å²) >= 11 is 0. The Morgan fingerprint density at radius 3 is 2.57 bits per heavy atom. The molecule has 0 aromatic heterocycles. The zero-order valence-electron chi connectivity index (χ0n) is 12.5. The van der Waals surface area contributed by atoms with E-state index in [-0.39, 0.29) is 11.8 Å². The maximum atomic E-state index is 12.0. The van der Waals surface area contributed by atoms with Gasteiger partial charge in [-0.15, -0.1) is 0 Å². The fraction of sp³-hybridized carbons (Fsp3) is 0.500. The van der Waals surface area contributed by atoms with Gasteiger partial charge in [0.2, 0.25) is 5.91 Å². The summed E-state index contributed by atoms with van der Waals surface area (Å²) in [5, 5.41) is 15.1. The molecule has 1 heterocycles. The lowest BCUT2D eigenvalue weighted by Crippen LogP contribution is -2.40. The summed E-state index contributed by atoms with van der Waals surface area (Å²) < 4.78 is 0. The number of benzene rings is 1. The summed E-state index contributed by atoms with van der Waals surface area (Å²) in [6, 6.07) is 6.85. The molecule has 2 amide bonds. The average molecular weight is 290 g/mol. The summed E-state index contributed by atoms with van der Waals surface area (Å²) in [6.07, 6.45) is 2.06. The first-order valence-corrected chi connectivity index (χ1v) is 7.25. The van der Waals surface area contributed by atoms with Gasteiger partial charge in [0.15, 0.2) is 0 Å². The Balaban J connectivity index is 1.92. The summed E-state index contributed by atoms with van der Waals surface area (Å²) in [5.41, 5.74) is 0.931. The van der Waals surface area contributed by atoms with Gasteiger partial charge in [-0.2, -0.15) is 0 Å². The normalized spacial score (nSPS) is 18.4. The fourth-order valence-electron chi connectivity index (χ4n) is 2.25. The molecule has 1 unspecified atom stereocenters. The topological polar surface area (TPSA) is 78.4 Å². The predicted molar refractivity (Wildman–Crippen MR) is 79.9 cm³/mol. The number of aryl methyl sites for hydroxylation is 1. The standard InChI is InChI=1S/C16H22N2O3/c1-16(2,21)9-7-11-3-5-12(6-4-11)14(19)18-13-8-10-17-15(13)20/h3-6,13,21H,7-10H2,1-2H3,(H,17,20)(H,18,19). The molecule has 0 saturated carbocycles. The molecule has 1 aromatic rings. The van der Waals surface area contributed by atoms with Crippen molar-refractivity contribution in [1.82, 2.24) is 10.6 Å². The highest BCUT2D eigenvalue weighted by Gasteiger charge is 2.25. The van der Waals surface area contributed by atoms with Crippen LogP contribution in [-0.4, -0.2) is 35.1 Å². The van der Waals surface area contributed by atoms with Crippen molar-refractivity contribution in [1.29, 1.82) is 0 Å². The molecule has 114 valence electrons. The van der Waals surface area contributed by atoms with Crippen LogP contribution in [0, 0.1) is 0 Å². The molecule has 0 bridgehead atoms. The molecule has 0 aliphatic carbocycles.